The lowest BCUT2D eigenvalue weighted by atomic mass is 10.2. The van der Waals surface area contributed by atoms with E-state index in [9.17, 15) is 9.59 Å². The molecule has 0 bridgehead atoms. The topological polar surface area (TPSA) is 106 Å². The monoisotopic (exact) mass is 412 g/mol. The molecule has 0 fully saturated rings. The van der Waals surface area contributed by atoms with Gasteiger partial charge in [0, 0.05) is 32.5 Å². The van der Waals surface area contributed by atoms with Crippen molar-refractivity contribution in [3.05, 3.63) is 28.3 Å². The van der Waals surface area contributed by atoms with E-state index in [0.29, 0.717) is 18.7 Å². The molecule has 25 heavy (non-hydrogen) atoms. The molecular weight excluding hydrogens is 392 g/mol. The van der Waals surface area contributed by atoms with Crippen LogP contribution in [0.3, 0.4) is 0 Å². The van der Waals surface area contributed by atoms with Crippen molar-refractivity contribution in [2.45, 2.75) is 39.3 Å². The van der Waals surface area contributed by atoms with Gasteiger partial charge in [0.1, 0.15) is 6.54 Å². The normalized spacial score (nSPS) is 10.8. The Morgan fingerprint density at radius 1 is 1.32 bits per heavy atom. The van der Waals surface area contributed by atoms with Gasteiger partial charge in [-0.2, -0.15) is 5.10 Å². The fourth-order valence-corrected chi connectivity index (χ4v) is 2.74. The Bertz CT molecular complexity index is 741. The lowest BCUT2D eigenvalue weighted by Crippen LogP contribution is -2.29. The van der Waals surface area contributed by atoms with E-state index >= 15 is 0 Å². The van der Waals surface area contributed by atoms with Gasteiger partial charge in [-0.05, 0) is 35.7 Å². The van der Waals surface area contributed by atoms with Gasteiger partial charge in [-0.15, -0.1) is 5.10 Å². The number of rotatable bonds is 9. The van der Waals surface area contributed by atoms with Gasteiger partial charge in [-0.3, -0.25) is 14.3 Å². The first kappa shape index (κ1) is 19.1. The number of carbonyl (C=O) groups is 2. The molecule has 1 N–H and O–H groups in total. The molecule has 0 aliphatic heterocycles. The van der Waals surface area contributed by atoms with E-state index in [1.54, 1.807) is 22.8 Å². The highest BCUT2D eigenvalue weighted by Crippen LogP contribution is 2.16. The summed E-state index contributed by atoms with van der Waals surface area (Å²) in [5.74, 6) is -0.963. The molecule has 0 atom stereocenters. The number of likely N-dealkylation sites (N-methyl/N-ethyl adjacent to an activating group) is 1. The highest BCUT2D eigenvalue weighted by Gasteiger charge is 2.15. The Kier molecular flexibility index (Phi) is 6.68. The molecule has 0 radical (unpaired) electrons. The van der Waals surface area contributed by atoms with Crippen molar-refractivity contribution in [2.24, 2.45) is 0 Å². The van der Waals surface area contributed by atoms with Gasteiger partial charge in [0.2, 0.25) is 5.91 Å². The van der Waals surface area contributed by atoms with Crippen molar-refractivity contribution >= 4 is 27.8 Å². The number of nitrogens with zero attached hydrogens (tertiary/aromatic N) is 6. The third kappa shape index (κ3) is 5.66. The van der Waals surface area contributed by atoms with E-state index in [1.165, 1.54) is 4.68 Å². The zero-order valence-corrected chi connectivity index (χ0v) is 15.8. The lowest BCUT2D eigenvalue weighted by Gasteiger charge is -2.16. The molecule has 0 aromatic carbocycles. The van der Waals surface area contributed by atoms with Crippen molar-refractivity contribution in [1.82, 2.24) is 29.7 Å². The fraction of sp³-hybridized carbons (Fsp3) is 0.533. The lowest BCUT2D eigenvalue weighted by molar-refractivity contribution is -0.138. The Morgan fingerprint density at radius 2 is 2.08 bits per heavy atom. The van der Waals surface area contributed by atoms with Crippen LogP contribution in [-0.2, 0) is 35.5 Å². The number of hydrogen-bond acceptors (Lipinski definition) is 5. The summed E-state index contributed by atoms with van der Waals surface area (Å²) < 4.78 is 3.91. The van der Waals surface area contributed by atoms with Crippen LogP contribution in [0.1, 0.15) is 24.7 Å². The third-order valence-electron chi connectivity index (χ3n) is 3.67. The number of aromatic nitrogens is 5. The van der Waals surface area contributed by atoms with Crippen LogP contribution < -0.4 is 0 Å². The Hall–Kier alpha value is -2.23. The minimum Gasteiger partial charge on any atom is -0.480 e. The number of hydrogen-bond donors (Lipinski definition) is 1. The van der Waals surface area contributed by atoms with Gasteiger partial charge in [0.25, 0.3) is 0 Å². The smallest absolute Gasteiger partial charge is 0.325 e. The molecular formula is C15H21BrN6O3. The zero-order chi connectivity index (χ0) is 18.4. The van der Waals surface area contributed by atoms with Crippen LogP contribution in [0, 0.1) is 0 Å². The average Bonchev–Trinajstić information content (AvgIpc) is 3.13. The van der Waals surface area contributed by atoms with E-state index in [4.69, 9.17) is 5.11 Å². The van der Waals surface area contributed by atoms with Crippen LogP contribution in [-0.4, -0.2) is 60.2 Å². The summed E-state index contributed by atoms with van der Waals surface area (Å²) in [6, 6.07) is 0. The Balaban J connectivity index is 1.78. The largest absolute Gasteiger partial charge is 0.480 e. The molecule has 2 aromatic rings. The molecule has 1 amide bonds. The number of amides is 1. The summed E-state index contributed by atoms with van der Waals surface area (Å²) in [6.45, 7) is 3.12. The van der Waals surface area contributed by atoms with Gasteiger partial charge in [-0.1, -0.05) is 5.21 Å². The maximum absolute atomic E-state index is 12.3. The first-order valence-corrected chi connectivity index (χ1v) is 8.75. The minimum absolute atomic E-state index is 0.00316. The number of aliphatic carboxylic acids is 1. The Morgan fingerprint density at radius 3 is 2.72 bits per heavy atom. The molecule has 0 unspecified atom stereocenters. The van der Waals surface area contributed by atoms with E-state index < -0.39 is 5.97 Å². The van der Waals surface area contributed by atoms with Crippen LogP contribution in [0.4, 0.5) is 0 Å². The first-order chi connectivity index (χ1) is 11.9. The third-order valence-corrected chi connectivity index (χ3v) is 4.33. The molecule has 2 aromatic heterocycles. The van der Waals surface area contributed by atoms with E-state index in [-0.39, 0.29) is 18.9 Å². The highest BCUT2D eigenvalue weighted by atomic mass is 79.9. The fourth-order valence-electron chi connectivity index (χ4n) is 2.29. The molecule has 0 spiro atoms. The number of carboxylic acids is 1. The maximum Gasteiger partial charge on any atom is 0.325 e. The second-order valence-electron chi connectivity index (χ2n) is 5.68. The molecule has 136 valence electrons. The number of carbonyl (C=O) groups excluding carboxylic acids is 1. The van der Waals surface area contributed by atoms with Crippen molar-refractivity contribution in [1.29, 1.82) is 0 Å². The molecule has 10 heteroatoms. The second kappa shape index (κ2) is 8.75. The van der Waals surface area contributed by atoms with Gasteiger partial charge in [0.05, 0.1) is 22.3 Å². The summed E-state index contributed by atoms with van der Waals surface area (Å²) in [5.41, 5.74) is 1.45. The van der Waals surface area contributed by atoms with E-state index in [0.717, 1.165) is 23.1 Å². The molecule has 2 rings (SSSR count). The molecule has 9 nitrogen and oxygen atoms in total. The SMILES string of the molecule is CCn1cc(Br)c(CC(=O)N(C)CCCc2cn(CC(=O)O)nn2)n1. The second-order valence-corrected chi connectivity index (χ2v) is 6.53. The molecule has 0 saturated heterocycles. The average molecular weight is 413 g/mol. The molecule has 0 aliphatic carbocycles. The van der Waals surface area contributed by atoms with Crippen LogP contribution in [0.25, 0.3) is 0 Å². The van der Waals surface area contributed by atoms with Gasteiger partial charge in [-0.25, -0.2) is 4.68 Å². The van der Waals surface area contributed by atoms with E-state index in [2.05, 4.69) is 31.3 Å². The van der Waals surface area contributed by atoms with Crippen LogP contribution >= 0.6 is 15.9 Å². The van der Waals surface area contributed by atoms with Crippen molar-refractivity contribution in [2.75, 3.05) is 13.6 Å². The van der Waals surface area contributed by atoms with Crippen LogP contribution in [0.5, 0.6) is 0 Å². The maximum atomic E-state index is 12.3. The van der Waals surface area contributed by atoms with Gasteiger partial charge in [0.15, 0.2) is 0 Å². The highest BCUT2D eigenvalue weighted by molar-refractivity contribution is 9.10. The summed E-state index contributed by atoms with van der Waals surface area (Å²) >= 11 is 3.42. The zero-order valence-electron chi connectivity index (χ0n) is 14.2. The molecule has 2 heterocycles. The van der Waals surface area contributed by atoms with Crippen molar-refractivity contribution in [3.63, 3.8) is 0 Å². The quantitative estimate of drug-likeness (QED) is 0.657. The van der Waals surface area contributed by atoms with Crippen molar-refractivity contribution < 1.29 is 14.7 Å². The standard InChI is InChI=1S/C15H21BrN6O3/c1-3-21-9-12(16)13(18-21)7-14(23)20(2)6-4-5-11-8-22(19-17-11)10-15(24)25/h8-9H,3-7,10H2,1-2H3,(H,24,25). The van der Waals surface area contributed by atoms with E-state index in [1.807, 2.05) is 13.1 Å². The number of carboxylic acid groups (broad SMARTS) is 1. The number of aryl methyl sites for hydroxylation is 2. The molecule has 0 aliphatic rings. The predicted octanol–water partition coefficient (Wildman–Crippen LogP) is 0.975. The summed E-state index contributed by atoms with van der Waals surface area (Å²) in [4.78, 5) is 24.6. The Labute approximate surface area is 153 Å². The number of halogens is 1. The van der Waals surface area contributed by atoms with Crippen molar-refractivity contribution in [3.8, 4) is 0 Å². The first-order valence-electron chi connectivity index (χ1n) is 7.95. The van der Waals surface area contributed by atoms with Crippen LogP contribution in [0.15, 0.2) is 16.9 Å². The van der Waals surface area contributed by atoms with Crippen LogP contribution in [0.2, 0.25) is 0 Å². The minimum atomic E-state index is -0.960. The summed E-state index contributed by atoms with van der Waals surface area (Å²) in [5, 5.41) is 20.7. The molecule has 0 saturated carbocycles. The van der Waals surface area contributed by atoms with Gasteiger partial charge < -0.3 is 10.0 Å². The predicted molar refractivity (Wildman–Crippen MR) is 92.9 cm³/mol. The van der Waals surface area contributed by atoms with Gasteiger partial charge >= 0.3 is 5.97 Å². The summed E-state index contributed by atoms with van der Waals surface area (Å²) in [6.07, 6.45) is 5.08. The summed E-state index contributed by atoms with van der Waals surface area (Å²) in [7, 11) is 1.76.